The number of nitrogens with zero attached hydrogens (tertiary/aromatic N) is 3. The third kappa shape index (κ3) is 6.41. The van der Waals surface area contributed by atoms with Crippen LogP contribution in [0, 0.1) is 0 Å². The van der Waals surface area contributed by atoms with Crippen LogP contribution in [0.3, 0.4) is 0 Å². The molecule has 1 amide bonds. The standard InChI is InChI=1S/C30H27Cl2N5O5/c1-4-26(38)36-22-12-19(42-20-14-41-15-20)8-7-17(22)10-18-11-23(35-16-34-18)21-6-5-9-33-30(21)37-29-27(31)24(39-2)13-25(40-3)28(29)32/h4-9,11-13,16,20H,1,10,14-15H2,2-3H3,(H,33,37)(H,36,38). The van der Waals surface area contributed by atoms with Crippen molar-refractivity contribution in [2.75, 3.05) is 38.1 Å². The molecule has 0 atom stereocenters. The summed E-state index contributed by atoms with van der Waals surface area (Å²) in [5, 5.41) is 6.63. The van der Waals surface area contributed by atoms with Gasteiger partial charge in [0.2, 0.25) is 5.91 Å². The zero-order chi connectivity index (χ0) is 29.6. The van der Waals surface area contributed by atoms with Gasteiger partial charge in [-0.2, -0.15) is 0 Å². The Labute approximate surface area is 252 Å². The van der Waals surface area contributed by atoms with Crippen molar-refractivity contribution in [2.24, 2.45) is 0 Å². The summed E-state index contributed by atoms with van der Waals surface area (Å²) in [6.45, 7) is 4.63. The van der Waals surface area contributed by atoms with Crippen LogP contribution in [0.15, 0.2) is 67.6 Å². The fraction of sp³-hybridized carbons (Fsp3) is 0.200. The zero-order valence-electron chi connectivity index (χ0n) is 22.8. The summed E-state index contributed by atoms with van der Waals surface area (Å²) in [6.07, 6.45) is 4.73. The van der Waals surface area contributed by atoms with Crippen LogP contribution in [0.5, 0.6) is 17.2 Å². The molecule has 5 rings (SSSR count). The molecule has 0 saturated carbocycles. The highest BCUT2D eigenvalue weighted by atomic mass is 35.5. The molecule has 1 aliphatic heterocycles. The van der Waals surface area contributed by atoms with Crippen LogP contribution in [-0.2, 0) is 16.0 Å². The van der Waals surface area contributed by atoms with E-state index in [1.807, 2.05) is 24.3 Å². The van der Waals surface area contributed by atoms with Crippen LogP contribution in [0.1, 0.15) is 11.3 Å². The molecule has 1 aliphatic rings. The Morgan fingerprint density at radius 3 is 2.50 bits per heavy atom. The largest absolute Gasteiger partial charge is 0.495 e. The Morgan fingerprint density at radius 2 is 1.83 bits per heavy atom. The number of benzene rings is 2. The molecular formula is C30H27Cl2N5O5. The minimum absolute atomic E-state index is 0.00617. The molecule has 2 N–H and O–H groups in total. The maximum atomic E-state index is 12.2. The number of ether oxygens (including phenoxy) is 4. The number of rotatable bonds is 11. The number of halogens is 2. The fourth-order valence-electron chi connectivity index (χ4n) is 4.22. The molecule has 0 aliphatic carbocycles. The van der Waals surface area contributed by atoms with Crippen LogP contribution in [0.2, 0.25) is 10.0 Å². The number of anilines is 3. The van der Waals surface area contributed by atoms with Gasteiger partial charge in [-0.1, -0.05) is 35.8 Å². The number of hydrogen-bond acceptors (Lipinski definition) is 9. The lowest BCUT2D eigenvalue weighted by Crippen LogP contribution is -2.38. The van der Waals surface area contributed by atoms with E-state index in [1.165, 1.54) is 26.6 Å². The van der Waals surface area contributed by atoms with Gasteiger partial charge in [0.25, 0.3) is 0 Å². The molecular weight excluding hydrogens is 581 g/mol. The maximum absolute atomic E-state index is 12.2. The third-order valence-electron chi connectivity index (χ3n) is 6.43. The highest BCUT2D eigenvalue weighted by molar-refractivity contribution is 6.41. The van der Waals surface area contributed by atoms with Gasteiger partial charge in [-0.05, 0) is 35.9 Å². The SMILES string of the molecule is C=CC(=O)Nc1cc(OC2COC2)ccc1Cc1cc(-c2cccnc2Nc2c(Cl)c(OC)cc(OC)c2Cl)ncn1. The average molecular weight is 608 g/mol. The molecule has 4 aromatic rings. The Morgan fingerprint density at radius 1 is 1.07 bits per heavy atom. The van der Waals surface area contributed by atoms with Crippen LogP contribution in [0.4, 0.5) is 17.2 Å². The van der Waals surface area contributed by atoms with Gasteiger partial charge >= 0.3 is 0 Å². The Hall–Kier alpha value is -4.38. The van der Waals surface area contributed by atoms with Crippen LogP contribution >= 0.6 is 23.2 Å². The first kappa shape index (κ1) is 29.1. The van der Waals surface area contributed by atoms with Crippen molar-refractivity contribution >= 4 is 46.3 Å². The number of nitrogens with one attached hydrogen (secondary N) is 2. The van der Waals surface area contributed by atoms with Crippen molar-refractivity contribution in [1.82, 2.24) is 15.0 Å². The predicted octanol–water partition coefficient (Wildman–Crippen LogP) is 6.10. The van der Waals surface area contributed by atoms with Crippen molar-refractivity contribution < 1.29 is 23.7 Å². The molecule has 1 saturated heterocycles. The molecule has 0 radical (unpaired) electrons. The van der Waals surface area contributed by atoms with E-state index in [0.717, 1.165) is 5.56 Å². The van der Waals surface area contributed by atoms with Gasteiger partial charge in [0.1, 0.15) is 45.5 Å². The highest BCUT2D eigenvalue weighted by Gasteiger charge is 2.22. The normalized spacial score (nSPS) is 12.7. The molecule has 2 aromatic heterocycles. The lowest BCUT2D eigenvalue weighted by molar-refractivity contribution is -0.111. The summed E-state index contributed by atoms with van der Waals surface area (Å²) >= 11 is 13.2. The van der Waals surface area contributed by atoms with E-state index in [1.54, 1.807) is 24.4 Å². The number of methoxy groups -OCH3 is 2. The van der Waals surface area contributed by atoms with Gasteiger partial charge < -0.3 is 29.6 Å². The quantitative estimate of drug-likeness (QED) is 0.195. The van der Waals surface area contributed by atoms with Crippen LogP contribution < -0.4 is 24.8 Å². The third-order valence-corrected chi connectivity index (χ3v) is 7.18. The highest BCUT2D eigenvalue weighted by Crippen LogP contribution is 2.45. The summed E-state index contributed by atoms with van der Waals surface area (Å²) in [4.78, 5) is 25.7. The number of carbonyl (C=O) groups is 1. The summed E-state index contributed by atoms with van der Waals surface area (Å²) < 4.78 is 21.9. The molecule has 1 fully saturated rings. The minimum Gasteiger partial charge on any atom is -0.495 e. The number of aromatic nitrogens is 3. The van der Waals surface area contributed by atoms with E-state index < -0.39 is 0 Å². The van der Waals surface area contributed by atoms with Crippen LogP contribution in [0.25, 0.3) is 11.3 Å². The van der Waals surface area contributed by atoms with E-state index in [2.05, 4.69) is 32.2 Å². The second-order valence-corrected chi connectivity index (χ2v) is 9.93. The smallest absolute Gasteiger partial charge is 0.247 e. The summed E-state index contributed by atoms with van der Waals surface area (Å²) in [7, 11) is 3.01. The summed E-state index contributed by atoms with van der Waals surface area (Å²) in [5.41, 5.74) is 3.81. The lowest BCUT2D eigenvalue weighted by Gasteiger charge is -2.27. The van der Waals surface area contributed by atoms with Crippen molar-refractivity contribution in [2.45, 2.75) is 12.5 Å². The first-order chi connectivity index (χ1) is 20.4. The molecule has 3 heterocycles. The van der Waals surface area contributed by atoms with E-state index >= 15 is 0 Å². The van der Waals surface area contributed by atoms with Crippen molar-refractivity contribution in [3.05, 3.63) is 88.9 Å². The molecule has 42 heavy (non-hydrogen) atoms. The lowest BCUT2D eigenvalue weighted by atomic mass is 10.0. The van der Waals surface area contributed by atoms with Gasteiger partial charge in [-0.25, -0.2) is 15.0 Å². The monoisotopic (exact) mass is 607 g/mol. The molecule has 2 aromatic carbocycles. The molecule has 10 nitrogen and oxygen atoms in total. The van der Waals surface area contributed by atoms with Gasteiger partial charge in [-0.15, -0.1) is 0 Å². The second kappa shape index (κ2) is 13.1. The second-order valence-electron chi connectivity index (χ2n) is 9.17. The minimum atomic E-state index is -0.332. The van der Waals surface area contributed by atoms with Gasteiger partial charge in [0.05, 0.1) is 38.8 Å². The van der Waals surface area contributed by atoms with Crippen LogP contribution in [-0.4, -0.2) is 54.4 Å². The van der Waals surface area contributed by atoms with Gasteiger partial charge in [0.15, 0.2) is 0 Å². The van der Waals surface area contributed by atoms with E-state index in [0.29, 0.717) is 71.0 Å². The zero-order valence-corrected chi connectivity index (χ0v) is 24.3. The van der Waals surface area contributed by atoms with Crippen molar-refractivity contribution in [3.8, 4) is 28.5 Å². The first-order valence-corrected chi connectivity index (χ1v) is 13.6. The number of amides is 1. The number of carbonyl (C=O) groups excluding carboxylic acids is 1. The topological polar surface area (TPSA) is 117 Å². The molecule has 0 spiro atoms. The molecule has 12 heteroatoms. The molecule has 0 bridgehead atoms. The summed E-state index contributed by atoms with van der Waals surface area (Å²) in [6, 6.07) is 12.7. The molecule has 216 valence electrons. The van der Waals surface area contributed by atoms with Gasteiger partial charge in [-0.3, -0.25) is 4.79 Å². The van der Waals surface area contributed by atoms with E-state index in [4.69, 9.17) is 42.1 Å². The number of hydrogen-bond donors (Lipinski definition) is 2. The Balaban J connectivity index is 1.45. The van der Waals surface area contributed by atoms with Crippen molar-refractivity contribution in [1.29, 1.82) is 0 Å². The Kier molecular flexibility index (Phi) is 9.06. The van der Waals surface area contributed by atoms with Crippen molar-refractivity contribution in [3.63, 3.8) is 0 Å². The summed E-state index contributed by atoms with van der Waals surface area (Å²) in [5.74, 6) is 1.54. The predicted molar refractivity (Wildman–Crippen MR) is 161 cm³/mol. The fourth-order valence-corrected chi connectivity index (χ4v) is 4.82. The van der Waals surface area contributed by atoms with E-state index in [9.17, 15) is 4.79 Å². The number of pyridine rings is 1. The first-order valence-electron chi connectivity index (χ1n) is 12.8. The average Bonchev–Trinajstić information content (AvgIpc) is 2.98. The molecule has 0 unspecified atom stereocenters. The van der Waals surface area contributed by atoms with Gasteiger partial charge in [0, 0.05) is 41.7 Å². The Bertz CT molecular complexity index is 1600. The maximum Gasteiger partial charge on any atom is 0.247 e. The van der Waals surface area contributed by atoms with E-state index in [-0.39, 0.29) is 22.1 Å².